The van der Waals surface area contributed by atoms with Gasteiger partial charge >= 0.3 is 0 Å². The Hall–Kier alpha value is -4.16. The van der Waals surface area contributed by atoms with Gasteiger partial charge in [0.1, 0.15) is 17.2 Å². The fourth-order valence-corrected chi connectivity index (χ4v) is 7.00. The number of nitrogens with zero attached hydrogens (tertiary/aromatic N) is 2. The number of likely N-dealkylation sites (tertiary alicyclic amines) is 1. The van der Waals surface area contributed by atoms with Crippen LogP contribution in [0.5, 0.6) is 17.2 Å². The number of ether oxygens (including phenoxy) is 3. The minimum atomic E-state index is -0.303. The van der Waals surface area contributed by atoms with Crippen molar-refractivity contribution in [2.45, 2.75) is 63.9 Å². The quantitative estimate of drug-likeness (QED) is 0.114. The Kier molecular flexibility index (Phi) is 13.6. The molecule has 0 aliphatic carbocycles. The van der Waals surface area contributed by atoms with Crippen LogP contribution in [0.25, 0.3) is 0 Å². The number of fused-ring (bicyclic) bond motifs is 1. The molecule has 3 aromatic rings. The van der Waals surface area contributed by atoms with Crippen LogP contribution in [-0.4, -0.2) is 110 Å². The molecule has 0 aromatic heterocycles. The van der Waals surface area contributed by atoms with Crippen molar-refractivity contribution in [1.82, 2.24) is 15.1 Å². The van der Waals surface area contributed by atoms with Gasteiger partial charge in [0, 0.05) is 30.6 Å². The SMILES string of the molecule is CN1CCC(c2ccccc2)(c2cc(CCOCCC(=O)N(CCNCCc3ccc(O)c4c3OCC(=O)N4)CCOC(C)(C)C)ccc2O)CC1. The molecule has 2 amide bonds. The molecule has 0 unspecified atom stereocenters. The van der Waals surface area contributed by atoms with Gasteiger partial charge in [-0.05, 0) is 102 Å². The molecule has 1 saturated heterocycles. The molecule has 0 radical (unpaired) electrons. The summed E-state index contributed by atoms with van der Waals surface area (Å²) in [7, 11) is 2.15. The molecule has 0 atom stereocenters. The van der Waals surface area contributed by atoms with E-state index in [-0.39, 0.29) is 41.6 Å². The topological polar surface area (TPSA) is 133 Å². The Morgan fingerprint density at radius 2 is 1.71 bits per heavy atom. The van der Waals surface area contributed by atoms with Crippen LogP contribution in [0.4, 0.5) is 5.69 Å². The second-order valence-electron chi connectivity index (χ2n) is 14.8. The third-order valence-corrected chi connectivity index (χ3v) is 9.95. The molecule has 2 aliphatic heterocycles. The van der Waals surface area contributed by atoms with Crippen molar-refractivity contribution < 1.29 is 34.0 Å². The smallest absolute Gasteiger partial charge is 0.262 e. The largest absolute Gasteiger partial charge is 0.508 e. The van der Waals surface area contributed by atoms with E-state index in [0.717, 1.165) is 42.6 Å². The van der Waals surface area contributed by atoms with Crippen LogP contribution in [0, 0.1) is 0 Å². The molecule has 11 nitrogen and oxygen atoms in total. The summed E-state index contributed by atoms with van der Waals surface area (Å²) >= 11 is 0. The first-order chi connectivity index (χ1) is 24.9. The number of carbonyl (C=O) groups is 2. The predicted molar refractivity (Wildman–Crippen MR) is 202 cm³/mol. The number of hydrogen-bond acceptors (Lipinski definition) is 9. The number of anilines is 1. The van der Waals surface area contributed by atoms with Crippen molar-refractivity contribution in [3.05, 3.63) is 82.9 Å². The second kappa shape index (κ2) is 18.1. The summed E-state index contributed by atoms with van der Waals surface area (Å²) in [6.07, 6.45) is 3.45. The first-order valence-corrected chi connectivity index (χ1v) is 18.5. The summed E-state index contributed by atoms with van der Waals surface area (Å²) in [4.78, 5) is 29.2. The molecule has 4 N–H and O–H groups in total. The van der Waals surface area contributed by atoms with Gasteiger partial charge in [0.15, 0.2) is 12.4 Å². The van der Waals surface area contributed by atoms with Crippen molar-refractivity contribution in [3.63, 3.8) is 0 Å². The maximum absolute atomic E-state index is 13.3. The summed E-state index contributed by atoms with van der Waals surface area (Å²) in [6, 6.07) is 19.8. The third-order valence-electron chi connectivity index (χ3n) is 9.95. The Bertz CT molecular complexity index is 1630. The van der Waals surface area contributed by atoms with E-state index in [9.17, 15) is 19.8 Å². The zero-order valence-electron chi connectivity index (χ0n) is 31.2. The van der Waals surface area contributed by atoms with Crippen LogP contribution >= 0.6 is 0 Å². The molecular weight excluding hydrogens is 660 g/mol. The fourth-order valence-electron chi connectivity index (χ4n) is 7.00. The summed E-state index contributed by atoms with van der Waals surface area (Å²) in [5, 5.41) is 27.3. The lowest BCUT2D eigenvalue weighted by Gasteiger charge is -2.42. The monoisotopic (exact) mass is 716 g/mol. The van der Waals surface area contributed by atoms with Gasteiger partial charge in [-0.3, -0.25) is 9.59 Å². The lowest BCUT2D eigenvalue weighted by molar-refractivity contribution is -0.134. The van der Waals surface area contributed by atoms with E-state index in [4.69, 9.17) is 14.2 Å². The molecule has 52 heavy (non-hydrogen) atoms. The molecule has 11 heteroatoms. The van der Waals surface area contributed by atoms with E-state index >= 15 is 0 Å². The van der Waals surface area contributed by atoms with E-state index in [2.05, 4.69) is 52.9 Å². The maximum atomic E-state index is 13.3. The molecule has 0 bridgehead atoms. The number of rotatable bonds is 17. The van der Waals surface area contributed by atoms with Crippen molar-refractivity contribution in [1.29, 1.82) is 0 Å². The molecule has 282 valence electrons. The van der Waals surface area contributed by atoms with Crippen molar-refractivity contribution in [3.8, 4) is 17.2 Å². The number of phenolic OH excluding ortho intramolecular Hbond substituents is 2. The molecule has 5 rings (SSSR count). The lowest BCUT2D eigenvalue weighted by Crippen LogP contribution is -2.41. The Labute approximate surface area is 308 Å². The van der Waals surface area contributed by atoms with Crippen LogP contribution in [-0.2, 0) is 37.3 Å². The van der Waals surface area contributed by atoms with Crippen molar-refractivity contribution >= 4 is 17.5 Å². The number of piperidine rings is 1. The highest BCUT2D eigenvalue weighted by Gasteiger charge is 2.39. The molecule has 1 fully saturated rings. The highest BCUT2D eigenvalue weighted by molar-refractivity contribution is 5.97. The minimum Gasteiger partial charge on any atom is -0.508 e. The van der Waals surface area contributed by atoms with Gasteiger partial charge in [0.05, 0.1) is 31.8 Å². The molecule has 3 aromatic carbocycles. The van der Waals surface area contributed by atoms with Gasteiger partial charge in [-0.15, -0.1) is 0 Å². The normalized spacial score (nSPS) is 15.8. The average Bonchev–Trinajstić information content (AvgIpc) is 3.12. The van der Waals surface area contributed by atoms with Crippen LogP contribution < -0.4 is 15.4 Å². The van der Waals surface area contributed by atoms with Gasteiger partial charge in [-0.25, -0.2) is 0 Å². The predicted octanol–water partition coefficient (Wildman–Crippen LogP) is 4.87. The van der Waals surface area contributed by atoms with Crippen LogP contribution in [0.1, 0.15) is 62.3 Å². The number of hydrogen-bond donors (Lipinski definition) is 4. The van der Waals surface area contributed by atoms with Crippen molar-refractivity contribution in [2.75, 3.05) is 78.1 Å². The van der Waals surface area contributed by atoms with Crippen LogP contribution in [0.3, 0.4) is 0 Å². The minimum absolute atomic E-state index is 0.00930. The van der Waals surface area contributed by atoms with Gasteiger partial charge < -0.3 is 44.9 Å². The third kappa shape index (κ3) is 10.5. The van der Waals surface area contributed by atoms with Crippen LogP contribution in [0.2, 0.25) is 0 Å². The average molecular weight is 717 g/mol. The van der Waals surface area contributed by atoms with Crippen molar-refractivity contribution in [2.24, 2.45) is 0 Å². The summed E-state index contributed by atoms with van der Waals surface area (Å²) in [5.41, 5.74) is 3.96. The zero-order valence-corrected chi connectivity index (χ0v) is 31.2. The number of benzene rings is 3. The fraction of sp³-hybridized carbons (Fsp3) is 0.512. The lowest BCUT2D eigenvalue weighted by atomic mass is 9.67. The zero-order chi connectivity index (χ0) is 37.1. The number of amides is 2. The number of aromatic hydroxyl groups is 2. The van der Waals surface area contributed by atoms with E-state index in [0.29, 0.717) is 76.0 Å². The number of nitrogens with one attached hydrogen (secondary N) is 2. The van der Waals surface area contributed by atoms with E-state index < -0.39 is 0 Å². The van der Waals surface area contributed by atoms with Gasteiger partial charge in [0.2, 0.25) is 5.91 Å². The molecule has 2 aliphatic rings. The maximum Gasteiger partial charge on any atom is 0.262 e. The Morgan fingerprint density at radius 1 is 0.962 bits per heavy atom. The molecule has 0 saturated carbocycles. The number of carbonyl (C=O) groups excluding carboxylic acids is 2. The second-order valence-corrected chi connectivity index (χ2v) is 14.8. The number of phenols is 2. The van der Waals surface area contributed by atoms with Gasteiger partial charge in [0.25, 0.3) is 5.91 Å². The van der Waals surface area contributed by atoms with Crippen LogP contribution in [0.15, 0.2) is 60.7 Å². The first kappa shape index (κ1) is 39.1. The Balaban J connectivity index is 1.10. The Morgan fingerprint density at radius 3 is 2.46 bits per heavy atom. The van der Waals surface area contributed by atoms with E-state index in [1.54, 1.807) is 12.1 Å². The van der Waals surface area contributed by atoms with Gasteiger partial charge in [-0.1, -0.05) is 48.5 Å². The molecule has 0 spiro atoms. The van der Waals surface area contributed by atoms with E-state index in [1.165, 1.54) is 5.56 Å². The standard InChI is InChI=1S/C41H56N4O7/c1-40(2,3)52-27-24-45(23-20-42-19-14-31-11-13-35(47)38-39(31)51-29-36(48)43-38)37(49)16-26-50-25-15-30-10-12-34(46)33(28-30)41(17-21-44(4)22-18-41)32-8-6-5-7-9-32/h5-13,28,42,46-47H,14-27,29H2,1-4H3,(H,43,48). The molecular formula is C41H56N4O7. The highest BCUT2D eigenvalue weighted by Crippen LogP contribution is 2.45. The summed E-state index contributed by atoms with van der Waals surface area (Å²) in [5.74, 6) is 0.517. The molecule has 2 heterocycles. The summed E-state index contributed by atoms with van der Waals surface area (Å²) < 4.78 is 17.5. The summed E-state index contributed by atoms with van der Waals surface area (Å²) in [6.45, 7) is 11.3. The van der Waals surface area contributed by atoms with E-state index in [1.807, 2.05) is 43.9 Å². The highest BCUT2D eigenvalue weighted by atomic mass is 16.5. The first-order valence-electron chi connectivity index (χ1n) is 18.5. The van der Waals surface area contributed by atoms with Gasteiger partial charge in [-0.2, -0.15) is 0 Å².